The fourth-order valence-electron chi connectivity index (χ4n) is 2.93. The number of hydrogen-bond donors (Lipinski definition) is 1. The lowest BCUT2D eigenvalue weighted by atomic mass is 10.1. The van der Waals surface area contributed by atoms with Crippen molar-refractivity contribution in [3.8, 4) is 11.3 Å². The number of likely N-dealkylation sites (tertiary alicyclic amines) is 1. The lowest BCUT2D eigenvalue weighted by Crippen LogP contribution is -2.30. The van der Waals surface area contributed by atoms with E-state index >= 15 is 0 Å². The van der Waals surface area contributed by atoms with Crippen molar-refractivity contribution in [1.82, 2.24) is 15.2 Å². The molecule has 1 aliphatic heterocycles. The molecule has 1 aromatic heterocycles. The Bertz CT molecular complexity index is 648. The molecule has 0 aliphatic carbocycles. The van der Waals surface area contributed by atoms with Gasteiger partial charge in [0.15, 0.2) is 17.8 Å². The number of rotatable bonds is 4. The van der Waals surface area contributed by atoms with E-state index in [9.17, 15) is 4.79 Å². The Labute approximate surface area is 130 Å². The van der Waals surface area contributed by atoms with Crippen molar-refractivity contribution in [2.75, 3.05) is 26.7 Å². The van der Waals surface area contributed by atoms with Gasteiger partial charge in [0.05, 0.1) is 0 Å². The number of aryl methyl sites for hydroxylation is 1. The van der Waals surface area contributed by atoms with Crippen molar-refractivity contribution in [3.05, 3.63) is 41.9 Å². The molecule has 0 radical (unpaired) electrons. The fourth-order valence-corrected chi connectivity index (χ4v) is 2.93. The van der Waals surface area contributed by atoms with Crippen LogP contribution in [0.4, 0.5) is 0 Å². The summed E-state index contributed by atoms with van der Waals surface area (Å²) < 4.78 is 5.47. The van der Waals surface area contributed by atoms with Crippen molar-refractivity contribution in [2.24, 2.45) is 5.92 Å². The maximum atomic E-state index is 12.7. The Balaban J connectivity index is 1.80. The number of oxazole rings is 1. The lowest BCUT2D eigenvalue weighted by Gasteiger charge is -2.15. The molecule has 2 aromatic rings. The molecule has 22 heavy (non-hydrogen) atoms. The van der Waals surface area contributed by atoms with E-state index in [0.717, 1.165) is 31.6 Å². The summed E-state index contributed by atoms with van der Waals surface area (Å²) in [7, 11) is 1.94. The molecule has 5 nitrogen and oxygen atoms in total. The molecule has 1 N–H and O–H groups in total. The molecule has 5 heteroatoms. The molecule has 3 rings (SSSR count). The van der Waals surface area contributed by atoms with Crippen LogP contribution in [0.5, 0.6) is 0 Å². The smallest absolute Gasteiger partial charge is 0.276 e. The van der Waals surface area contributed by atoms with Crippen LogP contribution < -0.4 is 5.32 Å². The van der Waals surface area contributed by atoms with Gasteiger partial charge >= 0.3 is 0 Å². The average molecular weight is 299 g/mol. The van der Waals surface area contributed by atoms with Gasteiger partial charge in [-0.15, -0.1) is 0 Å². The van der Waals surface area contributed by atoms with E-state index in [1.165, 1.54) is 12.0 Å². The van der Waals surface area contributed by atoms with Gasteiger partial charge in [0, 0.05) is 18.7 Å². The first-order valence-corrected chi connectivity index (χ1v) is 7.63. The number of aromatic nitrogens is 1. The van der Waals surface area contributed by atoms with Crippen LogP contribution in [-0.2, 0) is 0 Å². The molecule has 116 valence electrons. The molecular weight excluding hydrogens is 278 g/mol. The summed E-state index contributed by atoms with van der Waals surface area (Å²) in [6.45, 7) is 4.53. The number of carbonyl (C=O) groups is 1. The van der Waals surface area contributed by atoms with Gasteiger partial charge in [0.25, 0.3) is 5.91 Å². The summed E-state index contributed by atoms with van der Waals surface area (Å²) in [5.74, 6) is 1.04. The largest absolute Gasteiger partial charge is 0.443 e. The van der Waals surface area contributed by atoms with Crippen LogP contribution in [0.2, 0.25) is 0 Å². The predicted octanol–water partition coefficient (Wildman–Crippen LogP) is 2.33. The van der Waals surface area contributed by atoms with E-state index in [1.54, 1.807) is 0 Å². The van der Waals surface area contributed by atoms with Gasteiger partial charge in [0.2, 0.25) is 0 Å². The zero-order valence-corrected chi connectivity index (χ0v) is 13.0. The second kappa shape index (κ2) is 6.32. The van der Waals surface area contributed by atoms with Gasteiger partial charge in [-0.2, -0.15) is 0 Å². The number of benzene rings is 1. The molecule has 1 fully saturated rings. The molecule has 2 heterocycles. The van der Waals surface area contributed by atoms with E-state index in [-0.39, 0.29) is 5.91 Å². The molecule has 0 spiro atoms. The highest BCUT2D eigenvalue weighted by Crippen LogP contribution is 2.26. The molecule has 1 aromatic carbocycles. The predicted molar refractivity (Wildman–Crippen MR) is 84.6 cm³/mol. The third-order valence-electron chi connectivity index (χ3n) is 4.15. The molecule has 0 saturated carbocycles. The number of amides is 1. The minimum Gasteiger partial charge on any atom is -0.443 e. The summed E-state index contributed by atoms with van der Waals surface area (Å²) in [4.78, 5) is 18.7. The first-order chi connectivity index (χ1) is 10.7. The van der Waals surface area contributed by atoms with Gasteiger partial charge in [-0.25, -0.2) is 4.98 Å². The SMILES string of the molecule is CNCC1CCN(C(=O)c2ncoc2-c2ccc(C)cc2)C1. The van der Waals surface area contributed by atoms with E-state index in [1.807, 2.05) is 43.1 Å². The standard InChI is InChI=1S/C17H21N3O2/c1-12-3-5-14(6-4-12)16-15(19-11-22-16)17(21)20-8-7-13(10-20)9-18-2/h3-6,11,13,18H,7-10H2,1-2H3. The first kappa shape index (κ1) is 14.8. The Hall–Kier alpha value is -2.14. The number of carbonyl (C=O) groups excluding carboxylic acids is 1. The summed E-state index contributed by atoms with van der Waals surface area (Å²) >= 11 is 0. The molecule has 1 saturated heterocycles. The quantitative estimate of drug-likeness (QED) is 0.941. The third kappa shape index (κ3) is 2.90. The van der Waals surface area contributed by atoms with Crippen LogP contribution >= 0.6 is 0 Å². The van der Waals surface area contributed by atoms with Gasteiger partial charge < -0.3 is 14.6 Å². The number of hydrogen-bond acceptors (Lipinski definition) is 4. The first-order valence-electron chi connectivity index (χ1n) is 7.63. The summed E-state index contributed by atoms with van der Waals surface area (Å²) in [6.07, 6.45) is 2.38. The van der Waals surface area contributed by atoms with Gasteiger partial charge in [-0.1, -0.05) is 29.8 Å². The maximum absolute atomic E-state index is 12.7. The highest BCUT2D eigenvalue weighted by molar-refractivity contribution is 5.97. The Morgan fingerprint density at radius 2 is 2.18 bits per heavy atom. The van der Waals surface area contributed by atoms with E-state index < -0.39 is 0 Å². The summed E-state index contributed by atoms with van der Waals surface area (Å²) in [6, 6.07) is 7.93. The monoisotopic (exact) mass is 299 g/mol. The fraction of sp³-hybridized carbons (Fsp3) is 0.412. The normalized spacial score (nSPS) is 17.9. The van der Waals surface area contributed by atoms with Crippen LogP contribution in [0.1, 0.15) is 22.5 Å². The number of nitrogens with one attached hydrogen (secondary N) is 1. The Morgan fingerprint density at radius 1 is 1.41 bits per heavy atom. The molecule has 0 bridgehead atoms. The van der Waals surface area contributed by atoms with Crippen molar-refractivity contribution in [1.29, 1.82) is 0 Å². The van der Waals surface area contributed by atoms with Gasteiger partial charge in [-0.3, -0.25) is 4.79 Å². The second-order valence-electron chi connectivity index (χ2n) is 5.86. The van der Waals surface area contributed by atoms with Crippen molar-refractivity contribution < 1.29 is 9.21 Å². The summed E-state index contributed by atoms with van der Waals surface area (Å²) in [5, 5.41) is 3.17. The zero-order chi connectivity index (χ0) is 15.5. The van der Waals surface area contributed by atoms with Gasteiger partial charge in [0.1, 0.15) is 0 Å². The molecule has 1 atom stereocenters. The van der Waals surface area contributed by atoms with Crippen LogP contribution in [-0.4, -0.2) is 42.5 Å². The van der Waals surface area contributed by atoms with E-state index in [0.29, 0.717) is 17.4 Å². The molecule has 1 unspecified atom stereocenters. The van der Waals surface area contributed by atoms with Crippen molar-refractivity contribution in [2.45, 2.75) is 13.3 Å². The highest BCUT2D eigenvalue weighted by atomic mass is 16.3. The molecule has 1 aliphatic rings. The van der Waals surface area contributed by atoms with E-state index in [4.69, 9.17) is 4.42 Å². The van der Waals surface area contributed by atoms with Crippen molar-refractivity contribution >= 4 is 5.91 Å². The maximum Gasteiger partial charge on any atom is 0.276 e. The van der Waals surface area contributed by atoms with Crippen LogP contribution in [0.25, 0.3) is 11.3 Å². The average Bonchev–Trinajstić information content (AvgIpc) is 3.17. The zero-order valence-electron chi connectivity index (χ0n) is 13.0. The third-order valence-corrected chi connectivity index (χ3v) is 4.15. The molecule has 1 amide bonds. The van der Waals surface area contributed by atoms with Crippen LogP contribution in [0, 0.1) is 12.8 Å². The minimum absolute atomic E-state index is 0.0390. The van der Waals surface area contributed by atoms with Gasteiger partial charge in [-0.05, 0) is 32.9 Å². The Morgan fingerprint density at radius 3 is 2.91 bits per heavy atom. The Kier molecular flexibility index (Phi) is 4.24. The number of nitrogens with zero attached hydrogens (tertiary/aromatic N) is 2. The second-order valence-corrected chi connectivity index (χ2v) is 5.86. The lowest BCUT2D eigenvalue weighted by molar-refractivity contribution is 0.0782. The van der Waals surface area contributed by atoms with Crippen LogP contribution in [0.15, 0.2) is 35.1 Å². The minimum atomic E-state index is -0.0390. The van der Waals surface area contributed by atoms with Crippen LogP contribution in [0.3, 0.4) is 0 Å². The highest BCUT2D eigenvalue weighted by Gasteiger charge is 2.30. The topological polar surface area (TPSA) is 58.4 Å². The van der Waals surface area contributed by atoms with Crippen molar-refractivity contribution in [3.63, 3.8) is 0 Å². The van der Waals surface area contributed by atoms with E-state index in [2.05, 4.69) is 10.3 Å². The summed E-state index contributed by atoms with van der Waals surface area (Å²) in [5.41, 5.74) is 2.47. The molecular formula is C17H21N3O2.